The first-order valence-electron chi connectivity index (χ1n) is 4.07. The lowest BCUT2D eigenvalue weighted by molar-refractivity contribution is -0.384. The van der Waals surface area contributed by atoms with Gasteiger partial charge in [0.15, 0.2) is 0 Å². The number of aliphatic hydroxyl groups is 1. The molecule has 0 radical (unpaired) electrons. The topological polar surface area (TPSA) is 115 Å². The Kier molecular flexibility index (Phi) is 3.46. The average molecular weight is 232 g/mol. The molecule has 0 aliphatic rings. The van der Waals surface area contributed by atoms with Gasteiger partial charge in [-0.05, 0) is 11.6 Å². The summed E-state index contributed by atoms with van der Waals surface area (Å²) in [6.45, 7) is -0.346. The van der Waals surface area contributed by atoms with E-state index in [2.05, 4.69) is 0 Å². The number of anilines is 1. The fraction of sp³-hybridized carbons (Fsp3) is 0.250. The van der Waals surface area contributed by atoms with E-state index in [1.165, 1.54) is 12.1 Å². The second kappa shape index (κ2) is 4.43. The van der Waals surface area contributed by atoms with Crippen molar-refractivity contribution in [1.29, 1.82) is 0 Å². The molecular formula is C8H10ClN3O3. The lowest BCUT2D eigenvalue weighted by Crippen LogP contribution is -2.15. The zero-order chi connectivity index (χ0) is 11.6. The molecule has 0 fully saturated rings. The minimum Gasteiger partial charge on any atom is -0.394 e. The van der Waals surface area contributed by atoms with Crippen molar-refractivity contribution >= 4 is 23.0 Å². The summed E-state index contributed by atoms with van der Waals surface area (Å²) in [6.07, 6.45) is 0. The van der Waals surface area contributed by atoms with Gasteiger partial charge in [-0.3, -0.25) is 10.1 Å². The Labute approximate surface area is 90.6 Å². The van der Waals surface area contributed by atoms with Gasteiger partial charge in [0, 0.05) is 11.1 Å². The molecule has 0 aliphatic carbocycles. The van der Waals surface area contributed by atoms with E-state index in [9.17, 15) is 10.1 Å². The van der Waals surface area contributed by atoms with Crippen molar-refractivity contribution in [1.82, 2.24) is 0 Å². The molecule has 0 unspecified atom stereocenters. The van der Waals surface area contributed by atoms with Crippen molar-refractivity contribution in [2.24, 2.45) is 5.73 Å². The molecule has 7 heteroatoms. The molecule has 1 atom stereocenters. The standard InChI is InChI=1S/C8H10ClN3O3/c9-5-2-6(10)8(12(14)15)1-4(5)7(11)3-13/h1-2,7,13H,3,10-11H2/t7-/m1/s1. The first-order chi connectivity index (χ1) is 6.97. The summed E-state index contributed by atoms with van der Waals surface area (Å²) in [7, 11) is 0. The molecule has 0 aliphatic heterocycles. The zero-order valence-corrected chi connectivity index (χ0v) is 8.44. The van der Waals surface area contributed by atoms with Crippen LogP contribution in [0.15, 0.2) is 12.1 Å². The largest absolute Gasteiger partial charge is 0.394 e. The van der Waals surface area contributed by atoms with E-state index in [1.54, 1.807) is 0 Å². The molecule has 0 saturated carbocycles. The second-order valence-electron chi connectivity index (χ2n) is 2.98. The first kappa shape index (κ1) is 11.7. The molecule has 1 rings (SSSR count). The third-order valence-corrected chi connectivity index (χ3v) is 2.27. The van der Waals surface area contributed by atoms with Crippen molar-refractivity contribution in [3.05, 3.63) is 32.8 Å². The minimum absolute atomic E-state index is 0.0288. The minimum atomic E-state index is -0.753. The Balaban J connectivity index is 3.29. The van der Waals surface area contributed by atoms with Crippen LogP contribution in [0, 0.1) is 10.1 Å². The summed E-state index contributed by atoms with van der Waals surface area (Å²) in [5.41, 5.74) is 10.9. The molecular weight excluding hydrogens is 222 g/mol. The molecule has 15 heavy (non-hydrogen) atoms. The summed E-state index contributed by atoms with van der Waals surface area (Å²) >= 11 is 5.79. The number of hydrogen-bond donors (Lipinski definition) is 3. The smallest absolute Gasteiger partial charge is 0.292 e. The maximum Gasteiger partial charge on any atom is 0.292 e. The molecule has 5 N–H and O–H groups in total. The third kappa shape index (κ3) is 2.35. The fourth-order valence-corrected chi connectivity index (χ4v) is 1.45. The van der Waals surface area contributed by atoms with Crippen molar-refractivity contribution in [3.8, 4) is 0 Å². The van der Waals surface area contributed by atoms with Crippen LogP contribution >= 0.6 is 11.6 Å². The maximum atomic E-state index is 10.6. The van der Waals surface area contributed by atoms with Crippen LogP contribution in [-0.2, 0) is 0 Å². The number of nitrogen functional groups attached to an aromatic ring is 1. The van der Waals surface area contributed by atoms with Crippen molar-refractivity contribution in [2.45, 2.75) is 6.04 Å². The second-order valence-corrected chi connectivity index (χ2v) is 3.39. The Morgan fingerprint density at radius 3 is 2.67 bits per heavy atom. The number of benzene rings is 1. The van der Waals surface area contributed by atoms with Crippen molar-refractivity contribution in [3.63, 3.8) is 0 Å². The molecule has 1 aromatic carbocycles. The number of rotatable bonds is 3. The Morgan fingerprint density at radius 2 is 2.20 bits per heavy atom. The molecule has 0 aromatic heterocycles. The van der Waals surface area contributed by atoms with Gasteiger partial charge in [0.05, 0.1) is 17.6 Å². The van der Waals surface area contributed by atoms with E-state index in [0.29, 0.717) is 5.56 Å². The van der Waals surface area contributed by atoms with Gasteiger partial charge >= 0.3 is 0 Å². The number of halogens is 1. The lowest BCUT2D eigenvalue weighted by atomic mass is 10.1. The van der Waals surface area contributed by atoms with Gasteiger partial charge in [0.25, 0.3) is 5.69 Å². The van der Waals surface area contributed by atoms with Crippen LogP contribution in [0.25, 0.3) is 0 Å². The van der Waals surface area contributed by atoms with Gasteiger partial charge < -0.3 is 16.6 Å². The summed E-state index contributed by atoms with van der Waals surface area (Å²) in [6, 6.07) is 1.68. The maximum absolute atomic E-state index is 10.6. The molecule has 0 heterocycles. The van der Waals surface area contributed by atoms with Gasteiger partial charge in [-0.2, -0.15) is 0 Å². The van der Waals surface area contributed by atoms with Gasteiger partial charge in [0.2, 0.25) is 0 Å². The van der Waals surface area contributed by atoms with E-state index in [1.807, 2.05) is 0 Å². The monoisotopic (exact) mass is 231 g/mol. The predicted molar refractivity (Wildman–Crippen MR) is 56.5 cm³/mol. The highest BCUT2D eigenvalue weighted by atomic mass is 35.5. The Hall–Kier alpha value is -1.37. The van der Waals surface area contributed by atoms with Gasteiger partial charge in [-0.1, -0.05) is 11.6 Å². The highest BCUT2D eigenvalue weighted by molar-refractivity contribution is 6.31. The molecule has 0 bridgehead atoms. The normalized spacial score (nSPS) is 12.5. The SMILES string of the molecule is Nc1cc(Cl)c([C@H](N)CO)cc1[N+](=O)[O-]. The van der Waals surface area contributed by atoms with E-state index < -0.39 is 11.0 Å². The van der Waals surface area contributed by atoms with E-state index >= 15 is 0 Å². The van der Waals surface area contributed by atoms with E-state index in [4.69, 9.17) is 28.2 Å². The number of nitrogens with two attached hydrogens (primary N) is 2. The lowest BCUT2D eigenvalue weighted by Gasteiger charge is -2.11. The number of nitro groups is 1. The highest BCUT2D eigenvalue weighted by Gasteiger charge is 2.18. The van der Waals surface area contributed by atoms with Crippen LogP contribution in [0.3, 0.4) is 0 Å². The zero-order valence-electron chi connectivity index (χ0n) is 7.68. The van der Waals surface area contributed by atoms with Crippen molar-refractivity contribution < 1.29 is 10.0 Å². The van der Waals surface area contributed by atoms with Crippen LogP contribution in [0.2, 0.25) is 5.02 Å². The first-order valence-corrected chi connectivity index (χ1v) is 4.45. The number of nitrogens with zero attached hydrogens (tertiary/aromatic N) is 1. The molecule has 6 nitrogen and oxygen atoms in total. The highest BCUT2D eigenvalue weighted by Crippen LogP contribution is 2.31. The van der Waals surface area contributed by atoms with Gasteiger partial charge in [-0.15, -0.1) is 0 Å². The molecule has 1 aromatic rings. The molecule has 0 amide bonds. The molecule has 82 valence electrons. The molecule has 0 spiro atoms. The third-order valence-electron chi connectivity index (χ3n) is 1.94. The van der Waals surface area contributed by atoms with Crippen LogP contribution < -0.4 is 11.5 Å². The number of nitro benzene ring substituents is 1. The van der Waals surface area contributed by atoms with Crippen molar-refractivity contribution in [2.75, 3.05) is 12.3 Å². The summed E-state index contributed by atoms with van der Waals surface area (Å²) in [4.78, 5) is 9.95. The summed E-state index contributed by atoms with van der Waals surface area (Å²) in [5.74, 6) is 0. The van der Waals surface area contributed by atoms with Crippen LogP contribution in [0.4, 0.5) is 11.4 Å². The van der Waals surface area contributed by atoms with Gasteiger partial charge in [-0.25, -0.2) is 0 Å². The van der Waals surface area contributed by atoms with E-state index in [0.717, 1.165) is 0 Å². The average Bonchev–Trinajstić information content (AvgIpc) is 2.16. The quantitative estimate of drug-likeness (QED) is 0.405. The summed E-state index contributed by atoms with van der Waals surface area (Å²) in [5, 5.41) is 19.6. The number of aliphatic hydroxyl groups excluding tert-OH is 1. The van der Waals surface area contributed by atoms with Crippen LogP contribution in [-0.4, -0.2) is 16.6 Å². The Bertz CT molecular complexity index is 397. The molecule has 0 saturated heterocycles. The van der Waals surface area contributed by atoms with Gasteiger partial charge in [0.1, 0.15) is 5.69 Å². The predicted octanol–water partition coefficient (Wildman–Crippen LogP) is 0.823. The number of hydrogen-bond acceptors (Lipinski definition) is 5. The van der Waals surface area contributed by atoms with E-state index in [-0.39, 0.29) is 23.0 Å². The Morgan fingerprint density at radius 1 is 1.60 bits per heavy atom. The van der Waals surface area contributed by atoms with Crippen LogP contribution in [0.5, 0.6) is 0 Å². The fourth-order valence-electron chi connectivity index (χ4n) is 1.13. The summed E-state index contributed by atoms with van der Waals surface area (Å²) < 4.78 is 0. The van der Waals surface area contributed by atoms with Crippen LogP contribution in [0.1, 0.15) is 11.6 Å².